The van der Waals surface area contributed by atoms with E-state index in [1.165, 1.54) is 6.07 Å². The van der Waals surface area contributed by atoms with E-state index >= 15 is 0 Å². The highest BCUT2D eigenvalue weighted by atomic mass is 19.1. The van der Waals surface area contributed by atoms with Crippen LogP contribution in [0.2, 0.25) is 0 Å². The van der Waals surface area contributed by atoms with Crippen LogP contribution in [0.3, 0.4) is 0 Å². The Labute approximate surface area is 88.9 Å². The van der Waals surface area contributed by atoms with E-state index < -0.39 is 12.1 Å². The average Bonchev–Trinajstić information content (AvgIpc) is 3.03. The Morgan fingerprint density at radius 1 is 1.47 bits per heavy atom. The number of hydrogen-bond acceptors (Lipinski definition) is 2. The lowest BCUT2D eigenvalue weighted by Gasteiger charge is -2.19. The van der Waals surface area contributed by atoms with Gasteiger partial charge in [-0.1, -0.05) is 17.7 Å². The van der Waals surface area contributed by atoms with Gasteiger partial charge in [0.25, 0.3) is 0 Å². The van der Waals surface area contributed by atoms with Crippen molar-refractivity contribution in [2.75, 3.05) is 0 Å². The lowest BCUT2D eigenvalue weighted by molar-refractivity contribution is 0.121. The van der Waals surface area contributed by atoms with Crippen molar-refractivity contribution in [3.63, 3.8) is 0 Å². The minimum Gasteiger partial charge on any atom is -0.391 e. The highest BCUT2D eigenvalue weighted by Crippen LogP contribution is 2.37. The molecule has 0 amide bonds. The molecule has 2 nitrogen and oxygen atoms in total. The van der Waals surface area contributed by atoms with Crippen molar-refractivity contribution in [1.29, 1.82) is 0 Å². The summed E-state index contributed by atoms with van der Waals surface area (Å²) in [6.45, 7) is 1.89. The second-order valence-electron chi connectivity index (χ2n) is 4.38. The summed E-state index contributed by atoms with van der Waals surface area (Å²) in [4.78, 5) is 0. The first kappa shape index (κ1) is 10.6. The maximum atomic E-state index is 13.5. The van der Waals surface area contributed by atoms with Gasteiger partial charge in [0.1, 0.15) is 5.82 Å². The van der Waals surface area contributed by atoms with E-state index in [0.29, 0.717) is 5.56 Å². The number of aryl methyl sites for hydroxylation is 1. The zero-order chi connectivity index (χ0) is 11.0. The summed E-state index contributed by atoms with van der Waals surface area (Å²) in [5.74, 6) is -0.0623. The van der Waals surface area contributed by atoms with Crippen LogP contribution in [0.5, 0.6) is 0 Å². The maximum Gasteiger partial charge on any atom is 0.128 e. The third-order valence-corrected chi connectivity index (χ3v) is 2.98. The molecule has 1 aliphatic carbocycles. The lowest BCUT2D eigenvalue weighted by atomic mass is 9.97. The van der Waals surface area contributed by atoms with Crippen LogP contribution in [0.4, 0.5) is 4.39 Å². The first-order chi connectivity index (χ1) is 7.09. The fraction of sp³-hybridized carbons (Fsp3) is 0.500. The van der Waals surface area contributed by atoms with Gasteiger partial charge in [-0.15, -0.1) is 0 Å². The molecule has 0 unspecified atom stereocenters. The van der Waals surface area contributed by atoms with Gasteiger partial charge in [0.05, 0.1) is 12.1 Å². The topological polar surface area (TPSA) is 46.2 Å². The minimum absolute atomic E-state index is 0.264. The Kier molecular flexibility index (Phi) is 2.76. The van der Waals surface area contributed by atoms with Gasteiger partial charge in [0.15, 0.2) is 0 Å². The van der Waals surface area contributed by atoms with Crippen molar-refractivity contribution in [1.82, 2.24) is 0 Å². The molecule has 1 aliphatic rings. The molecule has 3 heteroatoms. The molecule has 0 heterocycles. The molecule has 15 heavy (non-hydrogen) atoms. The molecule has 1 aromatic carbocycles. The van der Waals surface area contributed by atoms with Crippen molar-refractivity contribution >= 4 is 0 Å². The van der Waals surface area contributed by atoms with Gasteiger partial charge < -0.3 is 10.8 Å². The number of halogens is 1. The molecule has 0 saturated heterocycles. The van der Waals surface area contributed by atoms with Gasteiger partial charge in [0.2, 0.25) is 0 Å². The summed E-state index contributed by atoms with van der Waals surface area (Å²) in [6, 6.07) is 4.22. The minimum atomic E-state index is -0.610. The smallest absolute Gasteiger partial charge is 0.128 e. The summed E-state index contributed by atoms with van der Waals surface area (Å²) in [6.07, 6.45) is 1.39. The molecule has 0 bridgehead atoms. The summed E-state index contributed by atoms with van der Waals surface area (Å²) in [5, 5.41) is 9.83. The first-order valence-electron chi connectivity index (χ1n) is 5.29. The van der Waals surface area contributed by atoms with Crippen molar-refractivity contribution in [3.05, 3.63) is 35.1 Å². The Bertz CT molecular complexity index is 363. The van der Waals surface area contributed by atoms with Crippen LogP contribution < -0.4 is 5.73 Å². The highest BCUT2D eigenvalue weighted by molar-refractivity contribution is 5.27. The van der Waals surface area contributed by atoms with Crippen LogP contribution >= 0.6 is 0 Å². The molecule has 0 aromatic heterocycles. The number of rotatable bonds is 3. The second-order valence-corrected chi connectivity index (χ2v) is 4.38. The van der Waals surface area contributed by atoms with E-state index in [4.69, 9.17) is 5.73 Å². The van der Waals surface area contributed by atoms with Crippen molar-refractivity contribution in [3.8, 4) is 0 Å². The average molecular weight is 209 g/mol. The second kappa shape index (κ2) is 3.91. The molecule has 1 aromatic rings. The van der Waals surface area contributed by atoms with Gasteiger partial charge in [-0.25, -0.2) is 4.39 Å². The van der Waals surface area contributed by atoms with Crippen LogP contribution in [0.15, 0.2) is 18.2 Å². The van der Waals surface area contributed by atoms with Gasteiger partial charge >= 0.3 is 0 Å². The zero-order valence-corrected chi connectivity index (χ0v) is 8.78. The first-order valence-corrected chi connectivity index (χ1v) is 5.29. The van der Waals surface area contributed by atoms with Crippen molar-refractivity contribution < 1.29 is 9.50 Å². The predicted molar refractivity (Wildman–Crippen MR) is 56.8 cm³/mol. The largest absolute Gasteiger partial charge is 0.391 e. The van der Waals surface area contributed by atoms with Gasteiger partial charge in [-0.2, -0.15) is 0 Å². The van der Waals surface area contributed by atoms with Crippen LogP contribution in [0.1, 0.15) is 30.0 Å². The normalized spacial score (nSPS) is 20.0. The fourth-order valence-electron chi connectivity index (χ4n) is 1.83. The predicted octanol–water partition coefficient (Wildman–Crippen LogP) is 1.90. The van der Waals surface area contributed by atoms with Gasteiger partial charge in [-0.05, 0) is 31.7 Å². The third-order valence-electron chi connectivity index (χ3n) is 2.98. The molecule has 0 spiro atoms. The van der Waals surface area contributed by atoms with Crippen LogP contribution in [0.25, 0.3) is 0 Å². The van der Waals surface area contributed by atoms with E-state index in [0.717, 1.165) is 18.4 Å². The Morgan fingerprint density at radius 2 is 2.13 bits per heavy atom. The molecule has 2 atom stereocenters. The Morgan fingerprint density at radius 3 is 2.73 bits per heavy atom. The molecular weight excluding hydrogens is 193 g/mol. The van der Waals surface area contributed by atoms with Gasteiger partial charge in [-0.3, -0.25) is 0 Å². The third kappa shape index (κ3) is 2.19. The highest BCUT2D eigenvalue weighted by Gasteiger charge is 2.35. The Hall–Kier alpha value is -0.930. The lowest BCUT2D eigenvalue weighted by Crippen LogP contribution is -2.28. The van der Waals surface area contributed by atoms with E-state index in [2.05, 4.69) is 0 Å². The zero-order valence-electron chi connectivity index (χ0n) is 8.78. The maximum absolute atomic E-state index is 13.5. The number of hydrogen-bond donors (Lipinski definition) is 2. The van der Waals surface area contributed by atoms with Crippen LogP contribution in [0, 0.1) is 18.7 Å². The van der Waals surface area contributed by atoms with E-state index in [-0.39, 0.29) is 11.7 Å². The Balaban J connectivity index is 2.23. The quantitative estimate of drug-likeness (QED) is 0.798. The van der Waals surface area contributed by atoms with Crippen molar-refractivity contribution in [2.24, 2.45) is 11.7 Å². The number of aliphatic hydroxyl groups excluding tert-OH is 1. The SMILES string of the molecule is Cc1ccc(F)c([C@H](N)[C@H](O)C2CC2)c1. The molecule has 0 radical (unpaired) electrons. The molecule has 1 saturated carbocycles. The number of aliphatic hydroxyl groups is 1. The summed E-state index contributed by atoms with van der Waals surface area (Å²) >= 11 is 0. The summed E-state index contributed by atoms with van der Waals surface area (Å²) < 4.78 is 13.5. The molecule has 3 N–H and O–H groups in total. The van der Waals surface area contributed by atoms with E-state index in [1.54, 1.807) is 12.1 Å². The number of benzene rings is 1. The monoisotopic (exact) mass is 209 g/mol. The molecule has 82 valence electrons. The summed E-state index contributed by atoms with van der Waals surface area (Å²) in [7, 11) is 0. The van der Waals surface area contributed by atoms with Crippen LogP contribution in [-0.2, 0) is 0 Å². The standard InChI is InChI=1S/C12H16FNO/c1-7-2-5-10(13)9(6-7)11(14)12(15)8-3-4-8/h2,5-6,8,11-12,15H,3-4,14H2,1H3/t11-,12+/m0/s1. The fourth-order valence-corrected chi connectivity index (χ4v) is 1.83. The molecule has 2 rings (SSSR count). The van der Waals surface area contributed by atoms with Crippen LogP contribution in [-0.4, -0.2) is 11.2 Å². The number of nitrogens with two attached hydrogens (primary N) is 1. The molecular formula is C12H16FNO. The van der Waals surface area contributed by atoms with Gasteiger partial charge in [0, 0.05) is 5.56 Å². The van der Waals surface area contributed by atoms with E-state index in [1.807, 2.05) is 6.92 Å². The van der Waals surface area contributed by atoms with Crippen molar-refractivity contribution in [2.45, 2.75) is 31.9 Å². The molecule has 1 fully saturated rings. The molecule has 0 aliphatic heterocycles. The van der Waals surface area contributed by atoms with E-state index in [9.17, 15) is 9.50 Å². The summed E-state index contributed by atoms with van der Waals surface area (Å²) in [5.41, 5.74) is 7.25.